The summed E-state index contributed by atoms with van der Waals surface area (Å²) in [6, 6.07) is 8.81. The lowest BCUT2D eigenvalue weighted by Crippen LogP contribution is -2.54. The highest BCUT2D eigenvalue weighted by molar-refractivity contribution is 6.39. The molecule has 0 atom stereocenters. The van der Waals surface area contributed by atoms with Crippen molar-refractivity contribution < 1.29 is 23.9 Å². The molecule has 0 saturated carbocycles. The van der Waals surface area contributed by atoms with E-state index < -0.39 is 17.8 Å². The average molecular weight is 455 g/mol. The van der Waals surface area contributed by atoms with Crippen LogP contribution in [0.15, 0.2) is 54.6 Å². The number of benzene rings is 2. The number of ether oxygens (including phenoxy) is 2. The third kappa shape index (κ3) is 4.84. The van der Waals surface area contributed by atoms with Gasteiger partial charge in [-0.05, 0) is 60.9 Å². The van der Waals surface area contributed by atoms with Gasteiger partial charge in [0, 0.05) is 10.6 Å². The molecule has 4 amide bonds. The number of carbonyl (C=O) groups excluding carboxylic acids is 3. The maximum Gasteiger partial charge on any atom is 0.335 e. The van der Waals surface area contributed by atoms with Crippen molar-refractivity contribution in [2.45, 2.75) is 19.8 Å². The minimum absolute atomic E-state index is 0.187. The summed E-state index contributed by atoms with van der Waals surface area (Å²) in [4.78, 5) is 38.8. The van der Waals surface area contributed by atoms with Gasteiger partial charge in [-0.25, -0.2) is 9.69 Å². The molecule has 1 saturated heterocycles. The highest BCUT2D eigenvalue weighted by Crippen LogP contribution is 2.35. The number of hydrogen-bond acceptors (Lipinski definition) is 5. The molecule has 0 aromatic heterocycles. The van der Waals surface area contributed by atoms with Gasteiger partial charge in [0.05, 0.1) is 19.4 Å². The number of rotatable bonds is 8. The van der Waals surface area contributed by atoms with E-state index in [1.165, 1.54) is 25.3 Å². The fourth-order valence-corrected chi connectivity index (χ4v) is 3.37. The van der Waals surface area contributed by atoms with E-state index in [9.17, 15) is 14.4 Å². The van der Waals surface area contributed by atoms with Crippen LogP contribution in [0.4, 0.5) is 10.5 Å². The number of imide groups is 2. The van der Waals surface area contributed by atoms with Crippen LogP contribution in [0.1, 0.15) is 24.5 Å². The van der Waals surface area contributed by atoms with Crippen molar-refractivity contribution in [3.63, 3.8) is 0 Å². The van der Waals surface area contributed by atoms with Crippen molar-refractivity contribution in [1.82, 2.24) is 5.32 Å². The van der Waals surface area contributed by atoms with Crippen LogP contribution in [0.5, 0.6) is 11.5 Å². The van der Waals surface area contributed by atoms with E-state index >= 15 is 0 Å². The quantitative estimate of drug-likeness (QED) is 0.360. The van der Waals surface area contributed by atoms with E-state index in [-0.39, 0.29) is 5.57 Å². The topological polar surface area (TPSA) is 84.9 Å². The van der Waals surface area contributed by atoms with Gasteiger partial charge in [0.2, 0.25) is 0 Å². The van der Waals surface area contributed by atoms with Crippen LogP contribution in [-0.4, -0.2) is 31.6 Å². The highest BCUT2D eigenvalue weighted by atomic mass is 35.5. The molecule has 2 aromatic carbocycles. The second kappa shape index (κ2) is 10.2. The summed E-state index contributed by atoms with van der Waals surface area (Å²) in [6.07, 6.45) is 4.48. The Bertz CT molecular complexity index is 1090. The van der Waals surface area contributed by atoms with Crippen LogP contribution in [0, 0.1) is 0 Å². The number of methoxy groups -OCH3 is 1. The van der Waals surface area contributed by atoms with Crippen LogP contribution in [0.25, 0.3) is 6.08 Å². The van der Waals surface area contributed by atoms with Crippen molar-refractivity contribution in [1.29, 1.82) is 0 Å². The van der Waals surface area contributed by atoms with Crippen molar-refractivity contribution in [3.05, 3.63) is 70.8 Å². The van der Waals surface area contributed by atoms with Crippen LogP contribution < -0.4 is 19.7 Å². The van der Waals surface area contributed by atoms with Gasteiger partial charge >= 0.3 is 6.03 Å². The number of amides is 4. The zero-order chi connectivity index (χ0) is 23.3. The molecule has 0 unspecified atom stereocenters. The Labute approximate surface area is 191 Å². The second-order valence-electron chi connectivity index (χ2n) is 6.99. The van der Waals surface area contributed by atoms with E-state index in [2.05, 4.69) is 11.9 Å². The molecule has 8 heteroatoms. The highest BCUT2D eigenvalue weighted by Gasteiger charge is 2.36. The molecule has 3 rings (SSSR count). The second-order valence-corrected chi connectivity index (χ2v) is 7.42. The Morgan fingerprint density at radius 1 is 1.16 bits per heavy atom. The Morgan fingerprint density at radius 2 is 1.88 bits per heavy atom. The van der Waals surface area contributed by atoms with Gasteiger partial charge in [-0.3, -0.25) is 14.9 Å². The summed E-state index contributed by atoms with van der Waals surface area (Å²) in [7, 11) is 1.52. The van der Waals surface area contributed by atoms with E-state index in [1.54, 1.807) is 30.3 Å². The third-order valence-electron chi connectivity index (χ3n) is 4.69. The number of carbonyl (C=O) groups is 3. The first-order chi connectivity index (χ1) is 15.4. The number of urea groups is 1. The number of nitrogens with zero attached hydrogens (tertiary/aromatic N) is 1. The number of barbiturate groups is 1. The summed E-state index contributed by atoms with van der Waals surface area (Å²) >= 11 is 5.90. The predicted octanol–water partition coefficient (Wildman–Crippen LogP) is 4.53. The first-order valence-electron chi connectivity index (χ1n) is 10.0. The minimum Gasteiger partial charge on any atom is -0.493 e. The number of halogens is 1. The Morgan fingerprint density at radius 3 is 2.50 bits per heavy atom. The molecule has 166 valence electrons. The maximum atomic E-state index is 13.1. The zero-order valence-corrected chi connectivity index (χ0v) is 18.6. The SMILES string of the molecule is C=CCc1cc(/C=C2\C(=O)NC(=O)N(c3ccc(Cl)cc3)C2=O)cc(OC)c1OCCC. The zero-order valence-electron chi connectivity index (χ0n) is 17.8. The van der Waals surface area contributed by atoms with E-state index in [0.717, 1.165) is 16.9 Å². The third-order valence-corrected chi connectivity index (χ3v) is 4.94. The first kappa shape index (κ1) is 23.1. The molecule has 0 spiro atoms. The molecule has 1 fully saturated rings. The lowest BCUT2D eigenvalue weighted by atomic mass is 10.0. The van der Waals surface area contributed by atoms with Gasteiger partial charge in [0.1, 0.15) is 5.57 Å². The normalized spacial score (nSPS) is 15.0. The summed E-state index contributed by atoms with van der Waals surface area (Å²) in [5, 5.41) is 2.66. The molecule has 0 bridgehead atoms. The lowest BCUT2D eigenvalue weighted by Gasteiger charge is -2.26. The van der Waals surface area contributed by atoms with Gasteiger partial charge < -0.3 is 9.47 Å². The molecule has 0 aliphatic carbocycles. The standard InChI is InChI=1S/C24H23ClN2O5/c1-4-6-16-12-15(14-20(31-3)21(16)32-11-5-2)13-19-22(28)26-24(30)27(23(19)29)18-9-7-17(25)8-10-18/h4,7-10,12-14H,1,5-6,11H2,2-3H3,(H,26,28,30)/b19-13+. The van der Waals surface area contributed by atoms with Crippen molar-refractivity contribution >= 4 is 41.2 Å². The molecular formula is C24H23ClN2O5. The molecule has 32 heavy (non-hydrogen) atoms. The molecule has 1 heterocycles. The van der Waals surface area contributed by atoms with Gasteiger partial charge in [-0.1, -0.05) is 24.6 Å². The van der Waals surface area contributed by atoms with Crippen molar-refractivity contribution in [2.75, 3.05) is 18.6 Å². The molecule has 0 radical (unpaired) electrons. The van der Waals surface area contributed by atoms with Crippen LogP contribution in [0.3, 0.4) is 0 Å². The van der Waals surface area contributed by atoms with Gasteiger partial charge in [-0.15, -0.1) is 6.58 Å². The van der Waals surface area contributed by atoms with Crippen LogP contribution >= 0.6 is 11.6 Å². The smallest absolute Gasteiger partial charge is 0.335 e. The number of allylic oxidation sites excluding steroid dienone is 1. The predicted molar refractivity (Wildman–Crippen MR) is 123 cm³/mol. The van der Waals surface area contributed by atoms with Gasteiger partial charge in [0.25, 0.3) is 11.8 Å². The van der Waals surface area contributed by atoms with Crippen molar-refractivity contribution in [3.8, 4) is 11.5 Å². The van der Waals surface area contributed by atoms with Gasteiger partial charge in [-0.2, -0.15) is 0 Å². The number of hydrogen-bond donors (Lipinski definition) is 1. The van der Waals surface area contributed by atoms with Crippen molar-refractivity contribution in [2.24, 2.45) is 0 Å². The summed E-state index contributed by atoms with van der Waals surface area (Å²) in [5.74, 6) is -0.454. The van der Waals surface area contributed by atoms with E-state index in [0.29, 0.717) is 40.8 Å². The monoisotopic (exact) mass is 454 g/mol. The Hall–Kier alpha value is -3.58. The maximum absolute atomic E-state index is 13.1. The Kier molecular flexibility index (Phi) is 7.33. The first-order valence-corrected chi connectivity index (χ1v) is 10.4. The fourth-order valence-electron chi connectivity index (χ4n) is 3.24. The fraction of sp³-hybridized carbons (Fsp3) is 0.208. The van der Waals surface area contributed by atoms with Crippen LogP contribution in [-0.2, 0) is 16.0 Å². The lowest BCUT2D eigenvalue weighted by molar-refractivity contribution is -0.122. The Balaban J connectivity index is 2.04. The molecular weight excluding hydrogens is 432 g/mol. The molecule has 2 aromatic rings. The summed E-state index contributed by atoms with van der Waals surface area (Å²) < 4.78 is 11.3. The summed E-state index contributed by atoms with van der Waals surface area (Å²) in [5.41, 5.74) is 1.46. The molecule has 1 aliphatic rings. The number of anilines is 1. The van der Waals surface area contributed by atoms with Crippen LogP contribution in [0.2, 0.25) is 5.02 Å². The minimum atomic E-state index is -0.826. The molecule has 1 N–H and O–H groups in total. The summed E-state index contributed by atoms with van der Waals surface area (Å²) in [6.45, 7) is 6.29. The number of nitrogens with one attached hydrogen (secondary N) is 1. The molecule has 7 nitrogen and oxygen atoms in total. The van der Waals surface area contributed by atoms with Gasteiger partial charge in [0.15, 0.2) is 11.5 Å². The van der Waals surface area contributed by atoms with E-state index in [4.69, 9.17) is 21.1 Å². The van der Waals surface area contributed by atoms with E-state index in [1.807, 2.05) is 6.92 Å². The largest absolute Gasteiger partial charge is 0.493 e. The molecule has 1 aliphatic heterocycles. The average Bonchev–Trinajstić information content (AvgIpc) is 2.77.